The Morgan fingerprint density at radius 1 is 1.08 bits per heavy atom. The Kier molecular flexibility index (Phi) is 12.4. The Bertz CT molecular complexity index is 879. The third kappa shape index (κ3) is 10.3. The molecule has 3 atom stereocenters. The van der Waals surface area contributed by atoms with E-state index in [1.807, 2.05) is 52.0 Å². The molecule has 0 bridgehead atoms. The summed E-state index contributed by atoms with van der Waals surface area (Å²) in [6.45, 7) is 13.4. The Labute approximate surface area is 215 Å². The van der Waals surface area contributed by atoms with Crippen LogP contribution in [0.4, 0.5) is 4.79 Å². The van der Waals surface area contributed by atoms with Gasteiger partial charge in [-0.05, 0) is 59.4 Å². The van der Waals surface area contributed by atoms with Gasteiger partial charge < -0.3 is 26.0 Å². The molecule has 0 saturated heterocycles. The minimum atomic E-state index is -1.10. The lowest BCUT2D eigenvalue weighted by Crippen LogP contribution is -2.55. The largest absolute Gasteiger partial charge is 0.444 e. The number of aryl methyl sites for hydroxylation is 1. The highest BCUT2D eigenvalue weighted by atomic mass is 16.6. The molecule has 1 rings (SSSR count). The molecule has 0 radical (unpaired) electrons. The molecule has 9 nitrogen and oxygen atoms in total. The average molecular weight is 505 g/mol. The van der Waals surface area contributed by atoms with E-state index < -0.39 is 35.6 Å². The van der Waals surface area contributed by atoms with Gasteiger partial charge in [0.1, 0.15) is 17.7 Å². The Hall–Kier alpha value is -3.10. The summed E-state index contributed by atoms with van der Waals surface area (Å²) in [6.07, 6.45) is 1.39. The normalized spacial score (nSPS) is 13.8. The highest BCUT2D eigenvalue weighted by Crippen LogP contribution is 2.27. The number of benzene rings is 1. The van der Waals surface area contributed by atoms with E-state index in [0.29, 0.717) is 18.5 Å². The Morgan fingerprint density at radius 2 is 1.69 bits per heavy atom. The Morgan fingerprint density at radius 3 is 2.19 bits per heavy atom. The van der Waals surface area contributed by atoms with Gasteiger partial charge in [-0.15, -0.1) is 0 Å². The smallest absolute Gasteiger partial charge is 0.408 e. The summed E-state index contributed by atoms with van der Waals surface area (Å²) in [5.41, 5.74) is 6.25. The number of amides is 4. The van der Waals surface area contributed by atoms with Crippen LogP contribution in [0.25, 0.3) is 0 Å². The molecule has 0 aliphatic carbocycles. The predicted molar refractivity (Wildman–Crippen MR) is 140 cm³/mol. The molecule has 202 valence electrons. The molecule has 0 heterocycles. The maximum absolute atomic E-state index is 14.0. The summed E-state index contributed by atoms with van der Waals surface area (Å²) in [5.74, 6) is -1.37. The van der Waals surface area contributed by atoms with Crippen molar-refractivity contribution in [3.8, 4) is 0 Å². The molecule has 3 unspecified atom stereocenters. The van der Waals surface area contributed by atoms with Gasteiger partial charge in [0.2, 0.25) is 17.7 Å². The number of alkyl carbamates (subject to hydrolysis) is 1. The van der Waals surface area contributed by atoms with E-state index in [9.17, 15) is 19.2 Å². The predicted octanol–water partition coefficient (Wildman–Crippen LogP) is 3.74. The van der Waals surface area contributed by atoms with Crippen molar-refractivity contribution in [1.82, 2.24) is 15.5 Å². The van der Waals surface area contributed by atoms with E-state index >= 15 is 0 Å². The van der Waals surface area contributed by atoms with E-state index in [1.165, 1.54) is 4.90 Å². The zero-order chi connectivity index (χ0) is 27.5. The average Bonchev–Trinajstić information content (AvgIpc) is 2.78. The van der Waals surface area contributed by atoms with Gasteiger partial charge in [0, 0.05) is 19.0 Å². The van der Waals surface area contributed by atoms with Crippen LogP contribution >= 0.6 is 0 Å². The van der Waals surface area contributed by atoms with E-state index in [2.05, 4.69) is 10.6 Å². The summed E-state index contributed by atoms with van der Waals surface area (Å²) < 4.78 is 5.35. The fraction of sp³-hybridized carbons (Fsp3) is 0.630. The van der Waals surface area contributed by atoms with Crippen molar-refractivity contribution >= 4 is 23.8 Å². The second kappa shape index (κ2) is 14.5. The second-order valence-electron chi connectivity index (χ2n) is 10.2. The van der Waals surface area contributed by atoms with Crippen LogP contribution in [-0.2, 0) is 19.1 Å². The van der Waals surface area contributed by atoms with Crippen molar-refractivity contribution in [2.45, 2.75) is 104 Å². The fourth-order valence-electron chi connectivity index (χ4n) is 3.64. The SMILES string of the molecule is CCCCNC(=O)C(c1ccc(C)cc1)N(C(=O)C(CCC(N)=O)NC(=O)OC(C)(C)C)C(C)CC. The van der Waals surface area contributed by atoms with Crippen LogP contribution in [-0.4, -0.2) is 52.9 Å². The number of rotatable bonds is 13. The topological polar surface area (TPSA) is 131 Å². The molecule has 36 heavy (non-hydrogen) atoms. The molecule has 4 N–H and O–H groups in total. The number of hydrogen-bond acceptors (Lipinski definition) is 5. The molecule has 0 aliphatic rings. The molecule has 9 heteroatoms. The van der Waals surface area contributed by atoms with Crippen molar-refractivity contribution < 1.29 is 23.9 Å². The van der Waals surface area contributed by atoms with Crippen LogP contribution in [0.5, 0.6) is 0 Å². The van der Waals surface area contributed by atoms with Crippen LogP contribution in [0.3, 0.4) is 0 Å². The van der Waals surface area contributed by atoms with Crippen LogP contribution in [0.15, 0.2) is 24.3 Å². The van der Waals surface area contributed by atoms with E-state index in [0.717, 1.165) is 18.4 Å². The number of primary amides is 1. The van der Waals surface area contributed by atoms with Crippen molar-refractivity contribution in [3.63, 3.8) is 0 Å². The summed E-state index contributed by atoms with van der Waals surface area (Å²) in [6, 6.07) is 5.11. The van der Waals surface area contributed by atoms with Gasteiger partial charge >= 0.3 is 6.09 Å². The van der Waals surface area contributed by atoms with Crippen LogP contribution in [0, 0.1) is 6.92 Å². The quantitative estimate of drug-likeness (QED) is 0.352. The van der Waals surface area contributed by atoms with Gasteiger partial charge in [0.25, 0.3) is 0 Å². The third-order valence-corrected chi connectivity index (χ3v) is 5.74. The number of nitrogens with two attached hydrogens (primary N) is 1. The van der Waals surface area contributed by atoms with E-state index in [-0.39, 0.29) is 24.8 Å². The number of nitrogens with one attached hydrogen (secondary N) is 2. The molecule has 0 spiro atoms. The highest BCUT2D eigenvalue weighted by Gasteiger charge is 2.38. The maximum atomic E-state index is 14.0. The highest BCUT2D eigenvalue weighted by molar-refractivity contribution is 5.92. The van der Waals surface area contributed by atoms with Gasteiger partial charge in [-0.2, -0.15) is 0 Å². The number of carbonyl (C=O) groups is 4. The molecule has 0 fully saturated rings. The number of carbonyl (C=O) groups excluding carboxylic acids is 4. The van der Waals surface area contributed by atoms with Crippen molar-refractivity contribution in [3.05, 3.63) is 35.4 Å². The number of ether oxygens (including phenoxy) is 1. The summed E-state index contributed by atoms with van der Waals surface area (Å²) in [5, 5.41) is 5.56. The van der Waals surface area contributed by atoms with E-state index in [4.69, 9.17) is 10.5 Å². The zero-order valence-electron chi connectivity index (χ0n) is 22.8. The maximum Gasteiger partial charge on any atom is 0.408 e. The zero-order valence-corrected chi connectivity index (χ0v) is 22.8. The number of unbranched alkanes of at least 4 members (excludes halogenated alkanes) is 1. The molecule has 0 aliphatic heterocycles. The minimum absolute atomic E-state index is 0.0155. The molecule has 4 amide bonds. The molecule has 0 saturated carbocycles. The molecule has 1 aromatic rings. The summed E-state index contributed by atoms with van der Waals surface area (Å²) in [4.78, 5) is 53.1. The number of hydrogen-bond donors (Lipinski definition) is 3. The van der Waals surface area contributed by atoms with Gasteiger partial charge in [-0.25, -0.2) is 4.79 Å². The standard InChI is InChI=1S/C27H44N4O5/c1-8-10-17-29-24(33)23(20-13-11-18(3)12-14-20)31(19(4)9-2)25(34)21(15-16-22(28)32)30-26(35)36-27(5,6)7/h11-14,19,21,23H,8-10,15-17H2,1-7H3,(H2,28,32)(H,29,33)(H,30,35). The van der Waals surface area contributed by atoms with Crippen molar-refractivity contribution in [2.75, 3.05) is 6.54 Å². The molecular formula is C27H44N4O5. The fourth-order valence-corrected chi connectivity index (χ4v) is 3.64. The first-order valence-corrected chi connectivity index (χ1v) is 12.7. The van der Waals surface area contributed by atoms with E-state index in [1.54, 1.807) is 20.8 Å². The lowest BCUT2D eigenvalue weighted by molar-refractivity contribution is -0.145. The Balaban J connectivity index is 3.47. The molecule has 1 aromatic carbocycles. The molecule has 0 aromatic heterocycles. The van der Waals surface area contributed by atoms with Gasteiger partial charge in [-0.1, -0.05) is 50.1 Å². The first-order valence-electron chi connectivity index (χ1n) is 12.7. The third-order valence-electron chi connectivity index (χ3n) is 5.74. The first-order chi connectivity index (χ1) is 16.8. The van der Waals surface area contributed by atoms with Crippen LogP contribution in [0.1, 0.15) is 90.8 Å². The summed E-state index contributed by atoms with van der Waals surface area (Å²) >= 11 is 0. The van der Waals surface area contributed by atoms with Crippen molar-refractivity contribution in [1.29, 1.82) is 0 Å². The first kappa shape index (κ1) is 30.9. The van der Waals surface area contributed by atoms with Gasteiger partial charge in [-0.3, -0.25) is 14.4 Å². The minimum Gasteiger partial charge on any atom is -0.444 e. The monoisotopic (exact) mass is 504 g/mol. The summed E-state index contributed by atoms with van der Waals surface area (Å²) in [7, 11) is 0. The van der Waals surface area contributed by atoms with Crippen LogP contribution in [0.2, 0.25) is 0 Å². The van der Waals surface area contributed by atoms with Crippen LogP contribution < -0.4 is 16.4 Å². The lowest BCUT2D eigenvalue weighted by Gasteiger charge is -2.38. The number of nitrogens with zero attached hydrogens (tertiary/aromatic N) is 1. The van der Waals surface area contributed by atoms with Gasteiger partial charge in [0.15, 0.2) is 0 Å². The molecular weight excluding hydrogens is 460 g/mol. The van der Waals surface area contributed by atoms with Crippen molar-refractivity contribution in [2.24, 2.45) is 5.73 Å². The second-order valence-corrected chi connectivity index (χ2v) is 10.2. The van der Waals surface area contributed by atoms with Gasteiger partial charge in [0.05, 0.1) is 0 Å². The lowest BCUT2D eigenvalue weighted by atomic mass is 9.98.